The fourth-order valence-electron chi connectivity index (χ4n) is 1.62. The van der Waals surface area contributed by atoms with Gasteiger partial charge in [0.05, 0.1) is 0 Å². The highest BCUT2D eigenvalue weighted by Crippen LogP contribution is 2.19. The fraction of sp³-hybridized carbons (Fsp3) is 0.500. The zero-order chi connectivity index (χ0) is 15.5. The number of nitrogens with one attached hydrogen (secondary N) is 1. The first-order chi connectivity index (χ1) is 9.15. The van der Waals surface area contributed by atoms with Gasteiger partial charge in [-0.15, -0.1) is 0 Å². The van der Waals surface area contributed by atoms with Gasteiger partial charge in [-0.25, -0.2) is 8.42 Å². The Bertz CT molecular complexity index is 601. The lowest BCUT2D eigenvalue weighted by atomic mass is 10.2. The van der Waals surface area contributed by atoms with Crippen LogP contribution in [-0.2, 0) is 19.6 Å². The summed E-state index contributed by atoms with van der Waals surface area (Å²) in [7, 11) is -4.11. The summed E-state index contributed by atoms with van der Waals surface area (Å²) in [5.41, 5.74) is 5.03. The molecule has 0 fully saturated rings. The number of aryl methyl sites for hydroxylation is 2. The predicted molar refractivity (Wildman–Crippen MR) is 66.2 cm³/mol. The molecule has 9 nitrogen and oxygen atoms in total. The average molecular weight is 305 g/mol. The summed E-state index contributed by atoms with van der Waals surface area (Å²) in [5.74, 6) is -2.07. The minimum atomic E-state index is -4.11. The monoisotopic (exact) mass is 305 g/mol. The van der Waals surface area contributed by atoms with Gasteiger partial charge in [0.25, 0.3) is 0 Å². The second-order valence-electron chi connectivity index (χ2n) is 4.17. The first-order valence-corrected chi connectivity index (χ1v) is 7.09. The lowest BCUT2D eigenvalue weighted by Crippen LogP contribution is -2.41. The summed E-state index contributed by atoms with van der Waals surface area (Å²) in [5, 5.41) is 12.5. The van der Waals surface area contributed by atoms with Crippen LogP contribution < -0.4 is 10.5 Å². The molecule has 0 saturated carbocycles. The Balaban J connectivity index is 2.98. The molecule has 1 amide bonds. The van der Waals surface area contributed by atoms with Gasteiger partial charge in [-0.2, -0.15) is 4.72 Å². The maximum absolute atomic E-state index is 12.1. The maximum Gasteiger partial charge on any atom is 0.321 e. The van der Waals surface area contributed by atoms with Gasteiger partial charge in [0.1, 0.15) is 16.6 Å². The molecule has 1 rings (SSSR count). The number of carboxylic acid groups (broad SMARTS) is 1. The minimum Gasteiger partial charge on any atom is -0.480 e. The van der Waals surface area contributed by atoms with E-state index < -0.39 is 27.9 Å². The van der Waals surface area contributed by atoms with Crippen molar-refractivity contribution >= 4 is 21.9 Å². The Morgan fingerprint density at radius 2 is 2.05 bits per heavy atom. The normalized spacial score (nSPS) is 13.1. The number of primary amides is 1. The molecule has 0 aliphatic rings. The highest BCUT2D eigenvalue weighted by atomic mass is 32.2. The van der Waals surface area contributed by atoms with Crippen LogP contribution in [0.2, 0.25) is 0 Å². The lowest BCUT2D eigenvalue weighted by molar-refractivity contribution is -0.139. The molecule has 4 N–H and O–H groups in total. The summed E-state index contributed by atoms with van der Waals surface area (Å²) in [6.07, 6.45) is -0.492. The van der Waals surface area contributed by atoms with Gasteiger partial charge in [-0.3, -0.25) is 9.59 Å². The van der Waals surface area contributed by atoms with E-state index >= 15 is 0 Å². The number of hydrogen-bond acceptors (Lipinski definition) is 6. The van der Waals surface area contributed by atoms with Crippen LogP contribution >= 0.6 is 0 Å². The first kappa shape index (κ1) is 16.1. The summed E-state index contributed by atoms with van der Waals surface area (Å²) in [6, 6.07) is -1.46. The molecule has 20 heavy (non-hydrogen) atoms. The number of aliphatic carboxylic acids is 1. The number of aromatic nitrogens is 1. The van der Waals surface area contributed by atoms with Crippen LogP contribution in [0.25, 0.3) is 0 Å². The second-order valence-corrected chi connectivity index (χ2v) is 5.82. The number of carbonyl (C=O) groups is 2. The molecule has 1 aromatic heterocycles. The van der Waals surface area contributed by atoms with Crippen LogP contribution in [0, 0.1) is 13.8 Å². The molecule has 112 valence electrons. The van der Waals surface area contributed by atoms with E-state index in [1.807, 2.05) is 4.72 Å². The van der Waals surface area contributed by atoms with E-state index in [-0.39, 0.29) is 29.2 Å². The van der Waals surface area contributed by atoms with Crippen LogP contribution in [0.3, 0.4) is 0 Å². The van der Waals surface area contributed by atoms with Gasteiger partial charge in [0.2, 0.25) is 15.9 Å². The van der Waals surface area contributed by atoms with E-state index in [0.717, 1.165) is 0 Å². The number of amides is 1. The topological polar surface area (TPSA) is 153 Å². The third-order valence-corrected chi connectivity index (χ3v) is 4.23. The van der Waals surface area contributed by atoms with Crippen molar-refractivity contribution in [1.29, 1.82) is 0 Å². The molecule has 0 saturated heterocycles. The third-order valence-electron chi connectivity index (χ3n) is 2.51. The standard InChI is InChI=1S/C10H15N3O6S/c1-5-9(6(2)19-12-5)20(17,18)13-7(10(15)16)3-4-8(11)14/h7,13H,3-4H2,1-2H3,(H2,11,14)(H,15,16). The van der Waals surface area contributed by atoms with Gasteiger partial charge < -0.3 is 15.4 Å². The second kappa shape index (κ2) is 6.01. The smallest absolute Gasteiger partial charge is 0.321 e. The highest BCUT2D eigenvalue weighted by Gasteiger charge is 2.30. The van der Waals surface area contributed by atoms with E-state index in [9.17, 15) is 18.0 Å². The number of nitrogens with zero attached hydrogens (tertiary/aromatic N) is 1. The molecule has 0 bridgehead atoms. The molecular formula is C10H15N3O6S. The number of hydrogen-bond donors (Lipinski definition) is 3. The largest absolute Gasteiger partial charge is 0.480 e. The van der Waals surface area contributed by atoms with Gasteiger partial charge in [-0.1, -0.05) is 5.16 Å². The van der Waals surface area contributed by atoms with Crippen molar-refractivity contribution in [3.8, 4) is 0 Å². The quantitative estimate of drug-likeness (QED) is 0.601. The Kier molecular flexibility index (Phi) is 4.84. The molecule has 10 heteroatoms. The molecule has 0 aromatic carbocycles. The number of carboxylic acids is 1. The van der Waals surface area contributed by atoms with E-state index in [0.29, 0.717) is 0 Å². The average Bonchev–Trinajstić information content (AvgIpc) is 2.64. The van der Waals surface area contributed by atoms with Crippen molar-refractivity contribution in [2.75, 3.05) is 0 Å². The summed E-state index contributed by atoms with van der Waals surface area (Å²) < 4.78 is 30.9. The first-order valence-electron chi connectivity index (χ1n) is 5.61. The van der Waals surface area contributed by atoms with Gasteiger partial charge in [0.15, 0.2) is 5.76 Å². The maximum atomic E-state index is 12.1. The number of nitrogens with two attached hydrogens (primary N) is 1. The van der Waals surface area contributed by atoms with Gasteiger partial charge in [0, 0.05) is 6.42 Å². The van der Waals surface area contributed by atoms with Crippen molar-refractivity contribution in [2.24, 2.45) is 5.73 Å². The SMILES string of the molecule is Cc1noc(C)c1S(=O)(=O)NC(CCC(N)=O)C(=O)O. The molecule has 1 atom stereocenters. The van der Waals surface area contributed by atoms with Crippen molar-refractivity contribution in [1.82, 2.24) is 9.88 Å². The molecule has 0 aliphatic carbocycles. The van der Waals surface area contributed by atoms with Crippen LogP contribution in [0.15, 0.2) is 9.42 Å². The number of sulfonamides is 1. The molecule has 0 radical (unpaired) electrons. The molecule has 0 aliphatic heterocycles. The predicted octanol–water partition coefficient (Wildman–Crippen LogP) is -0.712. The Hall–Kier alpha value is -1.94. The van der Waals surface area contributed by atoms with Crippen molar-refractivity contribution in [3.63, 3.8) is 0 Å². The van der Waals surface area contributed by atoms with Crippen molar-refractivity contribution in [2.45, 2.75) is 37.6 Å². The lowest BCUT2D eigenvalue weighted by Gasteiger charge is -2.13. The van der Waals surface area contributed by atoms with E-state index in [1.165, 1.54) is 13.8 Å². The van der Waals surface area contributed by atoms with Crippen LogP contribution in [0.1, 0.15) is 24.3 Å². The number of rotatable bonds is 7. The fourth-order valence-corrected chi connectivity index (χ4v) is 3.18. The third kappa shape index (κ3) is 3.78. The summed E-state index contributed by atoms with van der Waals surface area (Å²) >= 11 is 0. The van der Waals surface area contributed by atoms with Crippen molar-refractivity contribution in [3.05, 3.63) is 11.5 Å². The molecular weight excluding hydrogens is 290 g/mol. The highest BCUT2D eigenvalue weighted by molar-refractivity contribution is 7.89. The van der Waals surface area contributed by atoms with Crippen LogP contribution in [-0.4, -0.2) is 36.6 Å². The molecule has 1 unspecified atom stereocenters. The van der Waals surface area contributed by atoms with E-state index in [4.69, 9.17) is 15.4 Å². The Morgan fingerprint density at radius 1 is 1.45 bits per heavy atom. The Labute approximate surface area is 115 Å². The summed E-state index contributed by atoms with van der Waals surface area (Å²) in [6.45, 7) is 2.82. The summed E-state index contributed by atoms with van der Waals surface area (Å²) in [4.78, 5) is 21.5. The Morgan fingerprint density at radius 3 is 2.45 bits per heavy atom. The zero-order valence-corrected chi connectivity index (χ0v) is 11.7. The van der Waals surface area contributed by atoms with Crippen LogP contribution in [0.5, 0.6) is 0 Å². The minimum absolute atomic E-state index is 0.0500. The van der Waals surface area contributed by atoms with E-state index in [2.05, 4.69) is 5.16 Å². The molecule has 1 heterocycles. The van der Waals surface area contributed by atoms with Crippen LogP contribution in [0.4, 0.5) is 0 Å². The zero-order valence-electron chi connectivity index (χ0n) is 10.9. The van der Waals surface area contributed by atoms with Gasteiger partial charge in [-0.05, 0) is 20.3 Å². The van der Waals surface area contributed by atoms with Crippen molar-refractivity contribution < 1.29 is 27.6 Å². The molecule has 0 spiro atoms. The van der Waals surface area contributed by atoms with E-state index in [1.54, 1.807) is 0 Å². The molecule has 1 aromatic rings. The number of carbonyl (C=O) groups excluding carboxylic acids is 1. The van der Waals surface area contributed by atoms with Gasteiger partial charge >= 0.3 is 5.97 Å².